The van der Waals surface area contributed by atoms with Gasteiger partial charge in [-0.1, -0.05) is 31.9 Å². The van der Waals surface area contributed by atoms with E-state index in [1.807, 2.05) is 0 Å². The molecule has 0 saturated carbocycles. The summed E-state index contributed by atoms with van der Waals surface area (Å²) in [5.41, 5.74) is 0. The number of nitrogens with zero attached hydrogens (tertiary/aromatic N) is 1. The summed E-state index contributed by atoms with van der Waals surface area (Å²) in [6.45, 7) is 3.90. The number of rotatable bonds is 4. The minimum Gasteiger partial charge on any atom is -0.481 e. The Morgan fingerprint density at radius 2 is 2.21 bits per heavy atom. The zero-order valence-corrected chi connectivity index (χ0v) is 11.8. The Morgan fingerprint density at radius 3 is 2.95 bits per heavy atom. The predicted molar refractivity (Wildman–Crippen MR) is 74.1 cm³/mol. The average molecular weight is 267 g/mol. The first kappa shape index (κ1) is 14.5. The van der Waals surface area contributed by atoms with Crippen LogP contribution in [-0.4, -0.2) is 47.8 Å². The molecule has 2 aliphatic rings. The van der Waals surface area contributed by atoms with Crippen LogP contribution in [0.1, 0.15) is 39.0 Å². The lowest BCUT2D eigenvalue weighted by atomic mass is 9.96. The standard InChI is InChI=1S/C15H25NO3/c1-2-16(12-8-6-4-3-5-7-9-12)14-11-19-10-13(14)15(17)18/h6,8,12-14H,2-5,7,9-11H2,1H3,(H,17,18)/b8-6+. The maximum atomic E-state index is 11.3. The maximum Gasteiger partial charge on any atom is 0.310 e. The van der Waals surface area contributed by atoms with Gasteiger partial charge in [0, 0.05) is 12.1 Å². The maximum absolute atomic E-state index is 11.3. The molecule has 1 heterocycles. The summed E-state index contributed by atoms with van der Waals surface area (Å²) in [6, 6.07) is 0.399. The Balaban J connectivity index is 2.08. The van der Waals surface area contributed by atoms with E-state index in [2.05, 4.69) is 24.0 Å². The molecule has 0 aromatic heterocycles. The highest BCUT2D eigenvalue weighted by Crippen LogP contribution is 2.25. The van der Waals surface area contributed by atoms with Crippen molar-refractivity contribution < 1.29 is 14.6 Å². The molecule has 108 valence electrons. The fourth-order valence-corrected chi connectivity index (χ4v) is 3.24. The van der Waals surface area contributed by atoms with Gasteiger partial charge in [0.25, 0.3) is 0 Å². The molecular formula is C15H25NO3. The smallest absolute Gasteiger partial charge is 0.310 e. The van der Waals surface area contributed by atoms with Crippen molar-refractivity contribution in [1.29, 1.82) is 0 Å². The molecule has 1 aliphatic carbocycles. The Labute approximate surface area is 115 Å². The molecule has 0 bridgehead atoms. The van der Waals surface area contributed by atoms with Crippen LogP contribution < -0.4 is 0 Å². The van der Waals surface area contributed by atoms with E-state index in [-0.39, 0.29) is 12.0 Å². The minimum atomic E-state index is -0.726. The van der Waals surface area contributed by atoms with E-state index < -0.39 is 5.97 Å². The first-order chi connectivity index (χ1) is 9.24. The van der Waals surface area contributed by atoms with Crippen molar-refractivity contribution >= 4 is 5.97 Å². The van der Waals surface area contributed by atoms with E-state index in [9.17, 15) is 9.90 Å². The molecule has 3 unspecified atom stereocenters. The molecule has 0 radical (unpaired) electrons. The lowest BCUT2D eigenvalue weighted by Crippen LogP contribution is -2.48. The van der Waals surface area contributed by atoms with Crippen LogP contribution in [0.3, 0.4) is 0 Å². The van der Waals surface area contributed by atoms with Crippen molar-refractivity contribution in [2.24, 2.45) is 5.92 Å². The molecule has 1 fully saturated rings. The molecule has 1 N–H and O–H groups in total. The quantitative estimate of drug-likeness (QED) is 0.794. The summed E-state index contributed by atoms with van der Waals surface area (Å²) >= 11 is 0. The van der Waals surface area contributed by atoms with Crippen LogP contribution >= 0.6 is 0 Å². The summed E-state index contributed by atoms with van der Waals surface area (Å²) in [6.07, 6.45) is 10.6. The number of ether oxygens (including phenoxy) is 1. The Morgan fingerprint density at radius 1 is 1.37 bits per heavy atom. The summed E-state index contributed by atoms with van der Waals surface area (Å²) < 4.78 is 5.41. The van der Waals surface area contributed by atoms with E-state index in [0.717, 1.165) is 19.4 Å². The zero-order chi connectivity index (χ0) is 13.7. The van der Waals surface area contributed by atoms with Crippen LogP contribution in [0.2, 0.25) is 0 Å². The average Bonchev–Trinajstić information content (AvgIpc) is 2.81. The van der Waals surface area contributed by atoms with Gasteiger partial charge in [0.15, 0.2) is 0 Å². The van der Waals surface area contributed by atoms with Crippen LogP contribution in [0.15, 0.2) is 12.2 Å². The molecule has 0 spiro atoms. The number of carboxylic acids is 1. The van der Waals surface area contributed by atoms with Gasteiger partial charge in [0.1, 0.15) is 0 Å². The Hall–Kier alpha value is -0.870. The molecule has 1 saturated heterocycles. The normalized spacial score (nSPS) is 33.9. The molecule has 19 heavy (non-hydrogen) atoms. The van der Waals surface area contributed by atoms with Crippen LogP contribution in [0.4, 0.5) is 0 Å². The Bertz CT molecular complexity index is 329. The highest BCUT2D eigenvalue weighted by atomic mass is 16.5. The van der Waals surface area contributed by atoms with Gasteiger partial charge in [-0.2, -0.15) is 0 Å². The third kappa shape index (κ3) is 3.57. The second-order valence-electron chi connectivity index (χ2n) is 5.51. The molecule has 3 atom stereocenters. The summed E-state index contributed by atoms with van der Waals surface area (Å²) in [7, 11) is 0. The minimum absolute atomic E-state index is 0.0246. The van der Waals surface area contributed by atoms with E-state index in [1.54, 1.807) is 0 Å². The van der Waals surface area contributed by atoms with Gasteiger partial charge in [-0.05, 0) is 25.8 Å². The number of aliphatic carboxylic acids is 1. The van der Waals surface area contributed by atoms with Gasteiger partial charge in [-0.25, -0.2) is 0 Å². The molecular weight excluding hydrogens is 242 g/mol. The molecule has 4 heteroatoms. The lowest BCUT2D eigenvalue weighted by Gasteiger charge is -2.35. The number of likely N-dealkylation sites (N-methyl/N-ethyl adjacent to an activating group) is 1. The third-order valence-corrected chi connectivity index (χ3v) is 4.31. The number of allylic oxidation sites excluding steroid dienone is 1. The molecule has 0 aromatic rings. The molecule has 4 nitrogen and oxygen atoms in total. The molecule has 0 aromatic carbocycles. The number of carboxylic acid groups (broad SMARTS) is 1. The van der Waals surface area contributed by atoms with Gasteiger partial charge in [0.2, 0.25) is 0 Å². The van der Waals surface area contributed by atoms with Gasteiger partial charge >= 0.3 is 5.97 Å². The van der Waals surface area contributed by atoms with E-state index >= 15 is 0 Å². The summed E-state index contributed by atoms with van der Waals surface area (Å²) in [5.74, 6) is -1.10. The topological polar surface area (TPSA) is 49.8 Å². The highest BCUT2D eigenvalue weighted by molar-refractivity contribution is 5.71. The van der Waals surface area contributed by atoms with Crippen molar-refractivity contribution in [3.05, 3.63) is 12.2 Å². The van der Waals surface area contributed by atoms with Crippen molar-refractivity contribution in [2.45, 2.75) is 51.1 Å². The molecule has 1 aliphatic heterocycles. The molecule has 2 rings (SSSR count). The summed E-state index contributed by atoms with van der Waals surface area (Å²) in [5, 5.41) is 9.30. The van der Waals surface area contributed by atoms with Crippen molar-refractivity contribution in [3.63, 3.8) is 0 Å². The second-order valence-corrected chi connectivity index (χ2v) is 5.51. The number of hydrogen-bond donors (Lipinski definition) is 1. The SMILES string of the molecule is CCN(C1/C=C/CCCCC1)C1COCC1C(=O)O. The van der Waals surface area contributed by atoms with Gasteiger partial charge in [0.05, 0.1) is 19.1 Å². The number of carbonyl (C=O) groups is 1. The van der Waals surface area contributed by atoms with Crippen molar-refractivity contribution in [3.8, 4) is 0 Å². The monoisotopic (exact) mass is 267 g/mol. The van der Waals surface area contributed by atoms with E-state index in [4.69, 9.17) is 4.74 Å². The largest absolute Gasteiger partial charge is 0.481 e. The van der Waals surface area contributed by atoms with Crippen LogP contribution in [0.5, 0.6) is 0 Å². The van der Waals surface area contributed by atoms with Crippen LogP contribution in [-0.2, 0) is 9.53 Å². The second kappa shape index (κ2) is 7.06. The third-order valence-electron chi connectivity index (χ3n) is 4.31. The Kier molecular flexibility index (Phi) is 5.40. The summed E-state index contributed by atoms with van der Waals surface area (Å²) in [4.78, 5) is 13.6. The van der Waals surface area contributed by atoms with Crippen molar-refractivity contribution in [1.82, 2.24) is 4.90 Å². The lowest BCUT2D eigenvalue weighted by molar-refractivity contribution is -0.143. The molecule has 0 amide bonds. The fourth-order valence-electron chi connectivity index (χ4n) is 3.24. The zero-order valence-electron chi connectivity index (χ0n) is 11.8. The first-order valence-corrected chi connectivity index (χ1v) is 7.47. The van der Waals surface area contributed by atoms with Crippen LogP contribution in [0, 0.1) is 5.92 Å². The van der Waals surface area contributed by atoms with E-state index in [1.165, 1.54) is 19.3 Å². The van der Waals surface area contributed by atoms with Gasteiger partial charge < -0.3 is 9.84 Å². The van der Waals surface area contributed by atoms with Crippen LogP contribution in [0.25, 0.3) is 0 Å². The van der Waals surface area contributed by atoms with E-state index in [0.29, 0.717) is 19.3 Å². The fraction of sp³-hybridized carbons (Fsp3) is 0.800. The predicted octanol–water partition coefficient (Wildman–Crippen LogP) is 2.30. The van der Waals surface area contributed by atoms with Gasteiger partial charge in [-0.15, -0.1) is 0 Å². The number of hydrogen-bond acceptors (Lipinski definition) is 3. The van der Waals surface area contributed by atoms with Crippen molar-refractivity contribution in [2.75, 3.05) is 19.8 Å². The first-order valence-electron chi connectivity index (χ1n) is 7.47. The van der Waals surface area contributed by atoms with Gasteiger partial charge in [-0.3, -0.25) is 9.69 Å². The highest BCUT2D eigenvalue weighted by Gasteiger charge is 2.39.